The van der Waals surface area contributed by atoms with Crippen LogP contribution in [0.2, 0.25) is 0 Å². The van der Waals surface area contributed by atoms with Crippen molar-refractivity contribution in [3.05, 3.63) is 54.1 Å². The first-order valence-corrected chi connectivity index (χ1v) is 6.40. The average Bonchev–Trinajstić information content (AvgIpc) is 2.56. The lowest BCUT2D eigenvalue weighted by molar-refractivity contribution is -0.118. The van der Waals surface area contributed by atoms with Crippen LogP contribution in [0.25, 0.3) is 11.1 Å². The van der Waals surface area contributed by atoms with Gasteiger partial charge in [-0.25, -0.2) is 0 Å². The molecule has 1 aliphatic rings. The summed E-state index contributed by atoms with van der Waals surface area (Å²) >= 11 is 0. The molecule has 0 radical (unpaired) electrons. The summed E-state index contributed by atoms with van der Waals surface area (Å²) in [4.78, 5) is 14.0. The number of hydrogen-bond donors (Lipinski definition) is 1. The predicted octanol–water partition coefficient (Wildman–Crippen LogP) is 2.23. The number of carbonyl (C=O) groups excluding carboxylic acids is 1. The maximum Gasteiger partial charge on any atom is 0.231 e. The van der Waals surface area contributed by atoms with Crippen LogP contribution in [0.3, 0.4) is 0 Å². The van der Waals surface area contributed by atoms with Gasteiger partial charge in [0.05, 0.1) is 18.7 Å². The van der Waals surface area contributed by atoms with Crippen LogP contribution in [0.4, 0.5) is 5.69 Å². The third kappa shape index (κ3) is 2.02. The largest absolute Gasteiger partial charge is 0.395 e. The van der Waals surface area contributed by atoms with Gasteiger partial charge in [0.1, 0.15) is 0 Å². The van der Waals surface area contributed by atoms with E-state index in [2.05, 4.69) is 0 Å². The van der Waals surface area contributed by atoms with Crippen molar-refractivity contribution in [2.45, 2.75) is 6.42 Å². The maximum atomic E-state index is 12.3. The second-order valence-corrected chi connectivity index (χ2v) is 4.62. The van der Waals surface area contributed by atoms with E-state index in [-0.39, 0.29) is 12.5 Å². The van der Waals surface area contributed by atoms with E-state index in [0.29, 0.717) is 13.0 Å². The first-order chi connectivity index (χ1) is 9.31. The van der Waals surface area contributed by atoms with Crippen LogP contribution in [0.15, 0.2) is 48.5 Å². The van der Waals surface area contributed by atoms with Crippen molar-refractivity contribution in [2.75, 3.05) is 18.1 Å². The molecule has 1 amide bonds. The smallest absolute Gasteiger partial charge is 0.231 e. The van der Waals surface area contributed by atoms with Crippen molar-refractivity contribution < 1.29 is 9.90 Å². The van der Waals surface area contributed by atoms with E-state index in [0.717, 1.165) is 22.4 Å². The molecule has 3 nitrogen and oxygen atoms in total. The molecule has 1 N–H and O–H groups in total. The van der Waals surface area contributed by atoms with Crippen molar-refractivity contribution in [3.8, 4) is 11.1 Å². The molecule has 19 heavy (non-hydrogen) atoms. The van der Waals surface area contributed by atoms with Gasteiger partial charge in [-0.1, -0.05) is 42.5 Å². The zero-order valence-corrected chi connectivity index (χ0v) is 10.5. The number of anilines is 1. The highest BCUT2D eigenvalue weighted by Crippen LogP contribution is 2.36. The lowest BCUT2D eigenvalue weighted by Gasteiger charge is -2.21. The van der Waals surface area contributed by atoms with E-state index in [1.165, 1.54) is 0 Å². The fourth-order valence-electron chi connectivity index (χ4n) is 2.61. The van der Waals surface area contributed by atoms with Crippen LogP contribution in [0, 0.1) is 0 Å². The number of hydrogen-bond acceptors (Lipinski definition) is 2. The summed E-state index contributed by atoms with van der Waals surface area (Å²) in [7, 11) is 0. The summed E-state index contributed by atoms with van der Waals surface area (Å²) in [6, 6.07) is 15.8. The molecule has 2 aromatic rings. The Balaban J connectivity index is 2.23. The zero-order chi connectivity index (χ0) is 13.2. The SMILES string of the molecule is O=C1Cc2ccccc2-c2ccccc2N1CCO. The Morgan fingerprint density at radius 2 is 1.68 bits per heavy atom. The molecular formula is C16H15NO2. The van der Waals surface area contributed by atoms with Crippen molar-refractivity contribution in [3.63, 3.8) is 0 Å². The monoisotopic (exact) mass is 253 g/mol. The minimum atomic E-state index is -0.0313. The third-order valence-electron chi connectivity index (χ3n) is 3.47. The molecule has 0 unspecified atom stereocenters. The van der Waals surface area contributed by atoms with Crippen LogP contribution >= 0.6 is 0 Å². The molecule has 3 rings (SSSR count). The Morgan fingerprint density at radius 3 is 2.47 bits per heavy atom. The van der Waals surface area contributed by atoms with Crippen LogP contribution in [0.5, 0.6) is 0 Å². The molecule has 1 aliphatic heterocycles. The molecule has 0 aliphatic carbocycles. The molecule has 0 atom stereocenters. The van der Waals surface area contributed by atoms with Gasteiger partial charge in [0.25, 0.3) is 0 Å². The number of nitrogens with zero attached hydrogens (tertiary/aromatic N) is 1. The van der Waals surface area contributed by atoms with Gasteiger partial charge in [-0.3, -0.25) is 4.79 Å². The standard InChI is InChI=1S/C16H15NO2/c18-10-9-17-15-8-4-3-7-14(15)13-6-2-1-5-12(13)11-16(17)19/h1-8,18H,9-11H2. The summed E-state index contributed by atoms with van der Waals surface area (Å²) < 4.78 is 0. The Kier molecular flexibility index (Phi) is 3.05. The van der Waals surface area contributed by atoms with Crippen molar-refractivity contribution in [1.82, 2.24) is 0 Å². The van der Waals surface area contributed by atoms with Gasteiger partial charge < -0.3 is 10.0 Å². The molecule has 0 saturated carbocycles. The highest BCUT2D eigenvalue weighted by molar-refractivity contribution is 6.02. The summed E-state index contributed by atoms with van der Waals surface area (Å²) in [5.74, 6) is 0.0338. The van der Waals surface area contributed by atoms with Gasteiger partial charge in [0, 0.05) is 12.1 Å². The quantitative estimate of drug-likeness (QED) is 0.891. The number of β-amino-alcohol motifs (C(OH)–C–C–N with tert-alkyl or cyclic N) is 1. The minimum Gasteiger partial charge on any atom is -0.395 e. The third-order valence-corrected chi connectivity index (χ3v) is 3.47. The molecule has 0 spiro atoms. The molecule has 96 valence electrons. The van der Waals surface area contributed by atoms with E-state index in [1.54, 1.807) is 4.90 Å². The Morgan fingerprint density at radius 1 is 1.00 bits per heavy atom. The second-order valence-electron chi connectivity index (χ2n) is 4.62. The molecule has 1 heterocycles. The number of carbonyl (C=O) groups is 1. The molecule has 0 bridgehead atoms. The van der Waals surface area contributed by atoms with E-state index in [1.807, 2.05) is 48.5 Å². The lowest BCUT2D eigenvalue weighted by atomic mass is 9.98. The van der Waals surface area contributed by atoms with Gasteiger partial charge in [-0.15, -0.1) is 0 Å². The summed E-state index contributed by atoms with van der Waals surface area (Å²) in [6.07, 6.45) is 0.380. The van der Waals surface area contributed by atoms with Gasteiger partial charge >= 0.3 is 0 Å². The number of rotatable bonds is 2. The number of amides is 1. The van der Waals surface area contributed by atoms with Gasteiger partial charge in [0.2, 0.25) is 5.91 Å². The first-order valence-electron chi connectivity index (χ1n) is 6.40. The molecule has 2 aromatic carbocycles. The van der Waals surface area contributed by atoms with Crippen molar-refractivity contribution in [1.29, 1.82) is 0 Å². The Bertz CT molecular complexity index is 622. The topological polar surface area (TPSA) is 40.5 Å². The molecule has 0 aromatic heterocycles. The highest BCUT2D eigenvalue weighted by atomic mass is 16.3. The first kappa shape index (κ1) is 11.9. The average molecular weight is 253 g/mol. The van der Waals surface area contributed by atoms with Gasteiger partial charge in [-0.05, 0) is 17.2 Å². The number of aliphatic hydroxyl groups is 1. The normalized spacial score (nSPS) is 13.7. The van der Waals surface area contributed by atoms with E-state index >= 15 is 0 Å². The molecule has 0 fully saturated rings. The fraction of sp³-hybridized carbons (Fsp3) is 0.188. The number of benzene rings is 2. The summed E-state index contributed by atoms with van der Waals surface area (Å²) in [5.41, 5.74) is 4.08. The molecule has 3 heteroatoms. The second kappa shape index (κ2) is 4.86. The van der Waals surface area contributed by atoms with E-state index in [4.69, 9.17) is 0 Å². The van der Waals surface area contributed by atoms with Gasteiger partial charge in [-0.2, -0.15) is 0 Å². The van der Waals surface area contributed by atoms with Crippen LogP contribution in [0.1, 0.15) is 5.56 Å². The Labute approximate surface area is 112 Å². The minimum absolute atomic E-state index is 0.0313. The lowest BCUT2D eigenvalue weighted by Crippen LogP contribution is -2.34. The number of para-hydroxylation sites is 1. The number of aliphatic hydroxyl groups excluding tert-OH is 1. The predicted molar refractivity (Wildman–Crippen MR) is 75.0 cm³/mol. The van der Waals surface area contributed by atoms with Crippen molar-refractivity contribution in [2.24, 2.45) is 0 Å². The van der Waals surface area contributed by atoms with Crippen LogP contribution in [-0.2, 0) is 11.2 Å². The summed E-state index contributed by atoms with van der Waals surface area (Å²) in [6.45, 7) is 0.306. The van der Waals surface area contributed by atoms with Crippen LogP contribution in [-0.4, -0.2) is 24.2 Å². The van der Waals surface area contributed by atoms with E-state index < -0.39 is 0 Å². The summed E-state index contributed by atoms with van der Waals surface area (Å²) in [5, 5.41) is 9.18. The van der Waals surface area contributed by atoms with Crippen LogP contribution < -0.4 is 4.90 Å². The highest BCUT2D eigenvalue weighted by Gasteiger charge is 2.24. The fourth-order valence-corrected chi connectivity index (χ4v) is 2.61. The number of fused-ring (bicyclic) bond motifs is 3. The maximum absolute atomic E-state index is 12.3. The molecule has 0 saturated heterocycles. The van der Waals surface area contributed by atoms with Gasteiger partial charge in [0.15, 0.2) is 0 Å². The zero-order valence-electron chi connectivity index (χ0n) is 10.5. The van der Waals surface area contributed by atoms with Crippen molar-refractivity contribution >= 4 is 11.6 Å². The van der Waals surface area contributed by atoms with E-state index in [9.17, 15) is 9.90 Å². The Hall–Kier alpha value is -2.13. The molecular weight excluding hydrogens is 238 g/mol.